The molecule has 2 aromatic rings. The minimum absolute atomic E-state index is 0.155. The van der Waals surface area contributed by atoms with Gasteiger partial charge in [0.15, 0.2) is 5.69 Å². The van der Waals surface area contributed by atoms with Gasteiger partial charge in [0, 0.05) is 10.0 Å². The van der Waals surface area contributed by atoms with E-state index in [0.29, 0.717) is 11.3 Å². The lowest BCUT2D eigenvalue weighted by atomic mass is 10.2. The largest absolute Gasteiger partial charge is 0.461 e. The molecule has 5 nitrogen and oxygen atoms in total. The number of aromatic nitrogens is 3. The quantitative estimate of drug-likeness (QED) is 0.802. The number of esters is 1. The average molecular weight is 342 g/mol. The summed E-state index contributed by atoms with van der Waals surface area (Å²) in [5, 5.41) is 7.66. The van der Waals surface area contributed by atoms with Gasteiger partial charge in [-0.05, 0) is 32.0 Å². The third-order valence-corrected chi connectivity index (χ3v) is 3.27. The normalized spacial score (nSPS) is 10.6. The summed E-state index contributed by atoms with van der Waals surface area (Å²) < 4.78 is 20.8. The minimum atomic E-state index is -0.522. The Kier molecular flexibility index (Phi) is 4.49. The molecule has 7 heteroatoms. The molecule has 0 aliphatic carbocycles. The maximum absolute atomic E-state index is 13.7. The molecule has 2 rings (SSSR count). The Morgan fingerprint density at radius 1 is 1.50 bits per heavy atom. The van der Waals surface area contributed by atoms with E-state index in [0.717, 1.165) is 4.47 Å². The molecular weight excluding hydrogens is 329 g/mol. The maximum Gasteiger partial charge on any atom is 0.360 e. The van der Waals surface area contributed by atoms with Crippen LogP contribution in [0, 0.1) is 12.7 Å². The van der Waals surface area contributed by atoms with Gasteiger partial charge in [-0.15, -0.1) is 5.10 Å². The van der Waals surface area contributed by atoms with Crippen molar-refractivity contribution in [2.24, 2.45) is 0 Å². The minimum Gasteiger partial charge on any atom is -0.461 e. The molecule has 0 bridgehead atoms. The molecule has 20 heavy (non-hydrogen) atoms. The first-order chi connectivity index (χ1) is 9.52. The van der Waals surface area contributed by atoms with Gasteiger partial charge in [-0.3, -0.25) is 0 Å². The van der Waals surface area contributed by atoms with Crippen molar-refractivity contribution in [2.75, 3.05) is 6.61 Å². The Balaban J connectivity index is 2.26. The van der Waals surface area contributed by atoms with Crippen molar-refractivity contribution in [3.63, 3.8) is 0 Å². The van der Waals surface area contributed by atoms with Crippen molar-refractivity contribution >= 4 is 21.9 Å². The number of carbonyl (C=O) groups excluding carboxylic acids is 1. The van der Waals surface area contributed by atoms with E-state index in [2.05, 4.69) is 26.2 Å². The van der Waals surface area contributed by atoms with Crippen molar-refractivity contribution in [3.8, 4) is 0 Å². The molecule has 106 valence electrons. The third kappa shape index (κ3) is 3.04. The second kappa shape index (κ2) is 6.13. The van der Waals surface area contributed by atoms with Crippen LogP contribution in [-0.2, 0) is 11.3 Å². The van der Waals surface area contributed by atoms with Gasteiger partial charge in [0.1, 0.15) is 5.82 Å². The fourth-order valence-corrected chi connectivity index (χ4v) is 2.13. The molecule has 0 aliphatic heterocycles. The molecular formula is C13H13BrFN3O2. The molecule has 0 spiro atoms. The van der Waals surface area contributed by atoms with Crippen LogP contribution in [0.5, 0.6) is 0 Å². The van der Waals surface area contributed by atoms with Crippen LogP contribution in [0.15, 0.2) is 22.7 Å². The van der Waals surface area contributed by atoms with Crippen molar-refractivity contribution in [2.45, 2.75) is 20.4 Å². The Morgan fingerprint density at radius 3 is 2.95 bits per heavy atom. The van der Waals surface area contributed by atoms with Gasteiger partial charge in [0.2, 0.25) is 0 Å². The van der Waals surface area contributed by atoms with E-state index >= 15 is 0 Å². The second-order valence-corrected chi connectivity index (χ2v) is 5.05. The highest BCUT2D eigenvalue weighted by molar-refractivity contribution is 9.10. The summed E-state index contributed by atoms with van der Waals surface area (Å²) in [5.41, 5.74) is 1.16. The molecule has 1 aromatic heterocycles. The number of carbonyl (C=O) groups is 1. The first-order valence-corrected chi connectivity index (χ1v) is 6.83. The van der Waals surface area contributed by atoms with Gasteiger partial charge >= 0.3 is 5.97 Å². The van der Waals surface area contributed by atoms with Crippen LogP contribution >= 0.6 is 15.9 Å². The van der Waals surface area contributed by atoms with Crippen LogP contribution in [0.1, 0.15) is 28.7 Å². The van der Waals surface area contributed by atoms with E-state index in [1.54, 1.807) is 26.0 Å². The van der Waals surface area contributed by atoms with Gasteiger partial charge in [-0.25, -0.2) is 13.9 Å². The lowest BCUT2D eigenvalue weighted by Gasteiger charge is -2.06. The lowest BCUT2D eigenvalue weighted by molar-refractivity contribution is 0.0518. The van der Waals surface area contributed by atoms with Crippen molar-refractivity contribution in [1.82, 2.24) is 15.0 Å². The Morgan fingerprint density at radius 2 is 2.25 bits per heavy atom. The first kappa shape index (κ1) is 14.6. The monoisotopic (exact) mass is 341 g/mol. The molecule has 0 saturated heterocycles. The molecule has 0 aliphatic rings. The second-order valence-electron chi connectivity index (χ2n) is 4.14. The highest BCUT2D eigenvalue weighted by Gasteiger charge is 2.18. The highest BCUT2D eigenvalue weighted by atomic mass is 79.9. The molecule has 0 unspecified atom stereocenters. The van der Waals surface area contributed by atoms with Crippen molar-refractivity contribution in [1.29, 1.82) is 0 Å². The zero-order valence-corrected chi connectivity index (χ0v) is 12.6. The van der Waals surface area contributed by atoms with E-state index in [1.165, 1.54) is 10.7 Å². The third-order valence-electron chi connectivity index (χ3n) is 2.78. The molecule has 0 fully saturated rings. The maximum atomic E-state index is 13.7. The summed E-state index contributed by atoms with van der Waals surface area (Å²) in [6, 6.07) is 4.66. The van der Waals surface area contributed by atoms with Crippen LogP contribution in [-0.4, -0.2) is 27.6 Å². The predicted octanol–water partition coefficient (Wildman–Crippen LogP) is 2.71. The van der Waals surface area contributed by atoms with Crippen molar-refractivity contribution < 1.29 is 13.9 Å². The van der Waals surface area contributed by atoms with E-state index in [-0.39, 0.29) is 24.7 Å². The Bertz CT molecular complexity index is 643. The number of nitrogens with zero attached hydrogens (tertiary/aromatic N) is 3. The molecule has 0 atom stereocenters. The van der Waals surface area contributed by atoms with Gasteiger partial charge in [0.25, 0.3) is 0 Å². The standard InChI is InChI=1S/C13H13BrFN3O2/c1-3-20-13(19)12-8(2)18(17-16-12)7-9-6-10(14)4-5-11(9)15/h4-6H,3,7H2,1-2H3. The Labute approximate surface area is 123 Å². The number of benzene rings is 1. The van der Waals surface area contributed by atoms with Gasteiger partial charge in [0.05, 0.1) is 18.8 Å². The number of halogens is 2. The van der Waals surface area contributed by atoms with Crippen LogP contribution in [0.4, 0.5) is 4.39 Å². The number of rotatable bonds is 4. The summed E-state index contributed by atoms with van der Waals surface area (Å²) in [6.07, 6.45) is 0. The molecule has 1 aromatic carbocycles. The van der Waals surface area contributed by atoms with Crippen LogP contribution < -0.4 is 0 Å². The average Bonchev–Trinajstić information content (AvgIpc) is 2.76. The summed E-state index contributed by atoms with van der Waals surface area (Å²) in [7, 11) is 0. The highest BCUT2D eigenvalue weighted by Crippen LogP contribution is 2.17. The van der Waals surface area contributed by atoms with E-state index in [1.807, 2.05) is 0 Å². The van der Waals surface area contributed by atoms with E-state index < -0.39 is 5.97 Å². The molecule has 0 saturated carbocycles. The van der Waals surface area contributed by atoms with Gasteiger partial charge in [-0.1, -0.05) is 21.1 Å². The zero-order valence-electron chi connectivity index (χ0n) is 11.1. The predicted molar refractivity (Wildman–Crippen MR) is 73.9 cm³/mol. The number of ether oxygens (including phenoxy) is 1. The van der Waals surface area contributed by atoms with Crippen LogP contribution in [0.2, 0.25) is 0 Å². The molecule has 0 radical (unpaired) electrons. The lowest BCUT2D eigenvalue weighted by Crippen LogP contribution is -2.09. The summed E-state index contributed by atoms with van der Waals surface area (Å²) in [4.78, 5) is 11.6. The van der Waals surface area contributed by atoms with Gasteiger partial charge < -0.3 is 4.74 Å². The zero-order chi connectivity index (χ0) is 14.7. The fourth-order valence-electron chi connectivity index (χ4n) is 1.72. The topological polar surface area (TPSA) is 57.0 Å². The SMILES string of the molecule is CCOC(=O)c1nnn(Cc2cc(Br)ccc2F)c1C. The van der Waals surface area contributed by atoms with Crippen molar-refractivity contribution in [3.05, 3.63) is 45.4 Å². The van der Waals surface area contributed by atoms with E-state index in [9.17, 15) is 9.18 Å². The summed E-state index contributed by atoms with van der Waals surface area (Å²) in [6.45, 7) is 3.88. The summed E-state index contributed by atoms with van der Waals surface area (Å²) >= 11 is 3.29. The van der Waals surface area contributed by atoms with Crippen LogP contribution in [0.25, 0.3) is 0 Å². The fraction of sp³-hybridized carbons (Fsp3) is 0.308. The summed E-state index contributed by atoms with van der Waals surface area (Å²) in [5.74, 6) is -0.855. The number of hydrogen-bond donors (Lipinski definition) is 0. The smallest absolute Gasteiger partial charge is 0.360 e. The number of hydrogen-bond acceptors (Lipinski definition) is 4. The van der Waals surface area contributed by atoms with Gasteiger partial charge in [-0.2, -0.15) is 0 Å². The molecule has 1 heterocycles. The Hall–Kier alpha value is -1.76. The molecule has 0 N–H and O–H groups in total. The first-order valence-electron chi connectivity index (χ1n) is 6.04. The molecule has 0 amide bonds. The van der Waals surface area contributed by atoms with Crippen LogP contribution in [0.3, 0.4) is 0 Å². The van der Waals surface area contributed by atoms with E-state index in [4.69, 9.17) is 4.74 Å².